The first-order valence-electron chi connectivity index (χ1n) is 7.49. The van der Waals surface area contributed by atoms with E-state index >= 15 is 0 Å². The summed E-state index contributed by atoms with van der Waals surface area (Å²) < 4.78 is 10.3. The van der Waals surface area contributed by atoms with Crippen LogP contribution in [0.1, 0.15) is 46.0 Å². The second-order valence-electron chi connectivity index (χ2n) is 7.01. The van der Waals surface area contributed by atoms with Crippen molar-refractivity contribution in [3.8, 4) is 0 Å². The molecule has 4 aliphatic rings. The van der Waals surface area contributed by atoms with Gasteiger partial charge < -0.3 is 9.47 Å². The van der Waals surface area contributed by atoms with Crippen LogP contribution < -0.4 is 0 Å². The van der Waals surface area contributed by atoms with E-state index in [1.807, 2.05) is 6.92 Å². The zero-order chi connectivity index (χ0) is 14.5. The molecule has 4 heteroatoms. The van der Waals surface area contributed by atoms with Crippen molar-refractivity contribution in [3.63, 3.8) is 0 Å². The topological polar surface area (TPSA) is 52.6 Å². The summed E-state index contributed by atoms with van der Waals surface area (Å²) >= 11 is 0. The minimum absolute atomic E-state index is 0.206. The smallest absolute Gasteiger partial charge is 0.427 e. The fourth-order valence-electron chi connectivity index (χ4n) is 4.65. The number of hydrogen-bond donors (Lipinski definition) is 0. The van der Waals surface area contributed by atoms with Crippen molar-refractivity contribution in [2.75, 3.05) is 0 Å². The van der Waals surface area contributed by atoms with Crippen LogP contribution in [0, 0.1) is 23.7 Å². The summed E-state index contributed by atoms with van der Waals surface area (Å²) in [5.74, 6) is 1.75. The van der Waals surface area contributed by atoms with E-state index in [9.17, 15) is 9.59 Å². The monoisotopic (exact) mass is 278 g/mol. The van der Waals surface area contributed by atoms with E-state index in [2.05, 4.69) is 11.3 Å². The fraction of sp³-hybridized carbons (Fsp3) is 0.750. The van der Waals surface area contributed by atoms with Crippen molar-refractivity contribution in [1.29, 1.82) is 0 Å². The highest BCUT2D eigenvalue weighted by molar-refractivity contribution is 5.93. The van der Waals surface area contributed by atoms with E-state index < -0.39 is 17.7 Å². The van der Waals surface area contributed by atoms with Gasteiger partial charge in [-0.15, -0.1) is 0 Å². The highest BCUT2D eigenvalue weighted by Crippen LogP contribution is 2.59. The largest absolute Gasteiger partial charge is 0.516 e. The van der Waals surface area contributed by atoms with Crippen molar-refractivity contribution in [3.05, 3.63) is 12.2 Å². The Morgan fingerprint density at radius 2 is 1.55 bits per heavy atom. The predicted octanol–water partition coefficient (Wildman–Crippen LogP) is 3.46. The number of esters is 1. The number of carbonyl (C=O) groups is 2. The highest BCUT2D eigenvalue weighted by Gasteiger charge is 2.57. The van der Waals surface area contributed by atoms with Crippen LogP contribution in [0.5, 0.6) is 0 Å². The average Bonchev–Trinajstić information content (AvgIpc) is 2.35. The van der Waals surface area contributed by atoms with Crippen LogP contribution in [-0.4, -0.2) is 17.7 Å². The van der Waals surface area contributed by atoms with Gasteiger partial charge in [-0.05, 0) is 69.6 Å². The molecule has 0 atom stereocenters. The molecule has 0 amide bonds. The molecule has 0 saturated heterocycles. The second-order valence-corrected chi connectivity index (χ2v) is 7.01. The van der Waals surface area contributed by atoms with Crippen LogP contribution >= 0.6 is 0 Å². The van der Waals surface area contributed by atoms with Gasteiger partial charge in [0.1, 0.15) is 5.60 Å². The Bertz CT molecular complexity index is 437. The first-order chi connectivity index (χ1) is 9.38. The lowest BCUT2D eigenvalue weighted by Crippen LogP contribution is -2.58. The summed E-state index contributed by atoms with van der Waals surface area (Å²) in [4.78, 5) is 23.2. The molecule has 4 bridgehead atoms. The van der Waals surface area contributed by atoms with E-state index in [0.29, 0.717) is 11.8 Å². The molecule has 0 aromatic carbocycles. The molecule has 0 aliphatic heterocycles. The van der Waals surface area contributed by atoms with Crippen LogP contribution in [0.3, 0.4) is 0 Å². The standard InChI is InChI=1S/C16H22O4/c1-9(2)14(17)19-15(18)20-16(3)12-5-10-4-11(7-12)8-13(16)6-10/h10-13H,1,4-8H2,2-3H3. The quantitative estimate of drug-likeness (QED) is 0.441. The van der Waals surface area contributed by atoms with Crippen LogP contribution in [0.2, 0.25) is 0 Å². The van der Waals surface area contributed by atoms with Gasteiger partial charge in [-0.2, -0.15) is 0 Å². The third-order valence-electron chi connectivity index (χ3n) is 5.59. The van der Waals surface area contributed by atoms with Crippen LogP contribution in [0.4, 0.5) is 4.79 Å². The van der Waals surface area contributed by atoms with E-state index in [4.69, 9.17) is 4.74 Å². The first-order valence-corrected chi connectivity index (χ1v) is 7.49. The molecular weight excluding hydrogens is 256 g/mol. The lowest BCUT2D eigenvalue weighted by atomic mass is 9.50. The van der Waals surface area contributed by atoms with Gasteiger partial charge in [-0.1, -0.05) is 6.58 Å². The van der Waals surface area contributed by atoms with Gasteiger partial charge in [0.15, 0.2) is 0 Å². The van der Waals surface area contributed by atoms with E-state index in [-0.39, 0.29) is 5.57 Å². The van der Waals surface area contributed by atoms with Gasteiger partial charge in [0.25, 0.3) is 0 Å². The number of carbonyl (C=O) groups excluding carboxylic acids is 2. The van der Waals surface area contributed by atoms with Crippen LogP contribution in [0.25, 0.3) is 0 Å². The van der Waals surface area contributed by atoms with Crippen molar-refractivity contribution in [2.24, 2.45) is 23.7 Å². The second kappa shape index (κ2) is 4.61. The van der Waals surface area contributed by atoms with Gasteiger partial charge in [-0.25, -0.2) is 9.59 Å². The molecular formula is C16H22O4. The van der Waals surface area contributed by atoms with Gasteiger partial charge in [0.05, 0.1) is 0 Å². The predicted molar refractivity (Wildman–Crippen MR) is 72.8 cm³/mol. The fourth-order valence-corrected chi connectivity index (χ4v) is 4.65. The lowest BCUT2D eigenvalue weighted by molar-refractivity contribution is -0.176. The number of ether oxygens (including phenoxy) is 2. The van der Waals surface area contributed by atoms with E-state index in [1.165, 1.54) is 13.3 Å². The van der Waals surface area contributed by atoms with Gasteiger partial charge >= 0.3 is 12.1 Å². The van der Waals surface area contributed by atoms with Gasteiger partial charge in [0, 0.05) is 5.57 Å². The Hall–Kier alpha value is -1.32. The van der Waals surface area contributed by atoms with Crippen LogP contribution in [0.15, 0.2) is 12.2 Å². The zero-order valence-corrected chi connectivity index (χ0v) is 12.2. The molecule has 0 radical (unpaired) electrons. The normalized spacial score (nSPS) is 41.3. The minimum atomic E-state index is -0.868. The molecule has 4 rings (SSSR count). The zero-order valence-electron chi connectivity index (χ0n) is 12.2. The van der Waals surface area contributed by atoms with E-state index in [0.717, 1.165) is 37.5 Å². The Morgan fingerprint density at radius 1 is 1.05 bits per heavy atom. The molecule has 4 nitrogen and oxygen atoms in total. The summed E-state index contributed by atoms with van der Waals surface area (Å²) in [5.41, 5.74) is -0.253. The molecule has 0 aromatic heterocycles. The molecule has 4 aliphatic carbocycles. The number of rotatable bonds is 2. The molecule has 4 fully saturated rings. The summed E-state index contributed by atoms with van der Waals surface area (Å²) in [6.45, 7) is 7.00. The van der Waals surface area contributed by atoms with Crippen molar-refractivity contribution < 1.29 is 19.1 Å². The Balaban J connectivity index is 1.68. The molecule has 0 heterocycles. The van der Waals surface area contributed by atoms with E-state index in [1.54, 1.807) is 0 Å². The summed E-state index contributed by atoms with van der Waals surface area (Å²) in [6, 6.07) is 0. The van der Waals surface area contributed by atoms with Gasteiger partial charge in [0.2, 0.25) is 0 Å². The minimum Gasteiger partial charge on any atom is -0.427 e. The SMILES string of the molecule is C=C(C)C(=O)OC(=O)OC1(C)C2CC3CC(C2)CC1C3. The Kier molecular flexibility index (Phi) is 3.14. The van der Waals surface area contributed by atoms with Crippen molar-refractivity contribution >= 4 is 12.1 Å². The molecule has 0 spiro atoms. The summed E-state index contributed by atoms with van der Waals surface area (Å²) in [5, 5.41) is 0. The number of hydrogen-bond acceptors (Lipinski definition) is 4. The average molecular weight is 278 g/mol. The first kappa shape index (κ1) is 13.7. The van der Waals surface area contributed by atoms with Crippen LogP contribution in [-0.2, 0) is 14.3 Å². The molecule has 0 N–H and O–H groups in total. The van der Waals surface area contributed by atoms with Crippen molar-refractivity contribution in [2.45, 2.75) is 51.6 Å². The van der Waals surface area contributed by atoms with Crippen molar-refractivity contribution in [1.82, 2.24) is 0 Å². The molecule has 20 heavy (non-hydrogen) atoms. The molecule has 110 valence electrons. The third kappa shape index (κ3) is 2.15. The Morgan fingerprint density at radius 3 is 2.00 bits per heavy atom. The maximum absolute atomic E-state index is 11.8. The highest BCUT2D eigenvalue weighted by atomic mass is 16.7. The summed E-state index contributed by atoms with van der Waals surface area (Å²) in [6.07, 6.45) is 5.06. The summed E-state index contributed by atoms with van der Waals surface area (Å²) in [7, 11) is 0. The van der Waals surface area contributed by atoms with Gasteiger partial charge in [-0.3, -0.25) is 0 Å². The molecule has 0 aromatic rings. The third-order valence-corrected chi connectivity index (χ3v) is 5.59. The Labute approximate surface area is 119 Å². The molecule has 0 unspecified atom stereocenters. The maximum atomic E-state index is 11.8. The molecule has 4 saturated carbocycles. The maximum Gasteiger partial charge on any atom is 0.516 e. The lowest BCUT2D eigenvalue weighted by Gasteiger charge is -2.58.